The number of carbonyl (C=O) groups excluding carboxylic acids is 1. The third-order valence-electron chi connectivity index (χ3n) is 1.55. The van der Waals surface area contributed by atoms with Crippen LogP contribution in [0.4, 0.5) is 0 Å². The normalized spacial score (nSPS) is 9.13. The quantitative estimate of drug-likeness (QED) is 0.416. The van der Waals surface area contributed by atoms with Gasteiger partial charge in [0.1, 0.15) is 12.4 Å². The standard InChI is InChI=1S/C9H10BNO4/c1-2-9(12)14-6-7-3-8(15-10-13)5-11-4-7/h2-5,10,13H,1,6H2. The lowest BCUT2D eigenvalue weighted by Gasteiger charge is -2.04. The molecule has 0 unspecified atom stereocenters. The van der Waals surface area contributed by atoms with Gasteiger partial charge in [0.05, 0.1) is 6.20 Å². The highest BCUT2D eigenvalue weighted by atomic mass is 16.5. The van der Waals surface area contributed by atoms with Crippen molar-refractivity contribution in [3.8, 4) is 5.75 Å². The summed E-state index contributed by atoms with van der Waals surface area (Å²) in [6.07, 6.45) is 4.08. The summed E-state index contributed by atoms with van der Waals surface area (Å²) in [4.78, 5) is 14.6. The largest absolute Gasteiger partial charge is 0.538 e. The van der Waals surface area contributed by atoms with Crippen LogP contribution in [0.25, 0.3) is 0 Å². The van der Waals surface area contributed by atoms with Crippen molar-refractivity contribution in [2.45, 2.75) is 6.61 Å². The second kappa shape index (κ2) is 5.82. The predicted molar refractivity (Wildman–Crippen MR) is 54.2 cm³/mol. The molecule has 78 valence electrons. The summed E-state index contributed by atoms with van der Waals surface area (Å²) >= 11 is 0. The molecule has 1 aromatic heterocycles. The van der Waals surface area contributed by atoms with Crippen molar-refractivity contribution in [3.63, 3.8) is 0 Å². The fourth-order valence-electron chi connectivity index (χ4n) is 0.910. The summed E-state index contributed by atoms with van der Waals surface area (Å²) in [6.45, 7) is 3.37. The Hall–Kier alpha value is -1.82. The highest BCUT2D eigenvalue weighted by Gasteiger charge is 2.00. The molecular weight excluding hydrogens is 197 g/mol. The zero-order chi connectivity index (χ0) is 11.1. The van der Waals surface area contributed by atoms with Gasteiger partial charge in [0.2, 0.25) is 0 Å². The molecule has 6 heteroatoms. The first-order valence-corrected chi connectivity index (χ1v) is 4.23. The number of carbonyl (C=O) groups is 1. The Kier molecular flexibility index (Phi) is 4.37. The van der Waals surface area contributed by atoms with E-state index in [9.17, 15) is 4.79 Å². The zero-order valence-electron chi connectivity index (χ0n) is 8.05. The smallest absolute Gasteiger partial charge is 0.504 e. The molecule has 0 spiro atoms. The van der Waals surface area contributed by atoms with E-state index in [0.717, 1.165) is 6.08 Å². The van der Waals surface area contributed by atoms with Gasteiger partial charge < -0.3 is 14.4 Å². The molecule has 0 saturated heterocycles. The summed E-state index contributed by atoms with van der Waals surface area (Å²) in [5, 5.41) is 8.52. The lowest BCUT2D eigenvalue weighted by molar-refractivity contribution is -0.138. The number of aromatic nitrogens is 1. The third kappa shape index (κ3) is 3.82. The van der Waals surface area contributed by atoms with Crippen LogP contribution < -0.4 is 4.65 Å². The maximum atomic E-state index is 10.8. The highest BCUT2D eigenvalue weighted by molar-refractivity contribution is 6.17. The summed E-state index contributed by atoms with van der Waals surface area (Å²) in [6, 6.07) is 1.62. The molecule has 0 radical (unpaired) electrons. The van der Waals surface area contributed by atoms with Crippen LogP contribution in [0.5, 0.6) is 5.75 Å². The lowest BCUT2D eigenvalue weighted by Crippen LogP contribution is -2.03. The molecule has 0 aromatic carbocycles. The van der Waals surface area contributed by atoms with E-state index in [0.29, 0.717) is 11.3 Å². The van der Waals surface area contributed by atoms with Crippen LogP contribution in [0.1, 0.15) is 5.56 Å². The molecule has 15 heavy (non-hydrogen) atoms. The van der Waals surface area contributed by atoms with Crippen molar-refractivity contribution >= 4 is 13.7 Å². The third-order valence-corrected chi connectivity index (χ3v) is 1.55. The van der Waals surface area contributed by atoms with Crippen molar-refractivity contribution < 1.29 is 19.2 Å². The van der Waals surface area contributed by atoms with Crippen LogP contribution in [0.2, 0.25) is 0 Å². The molecule has 5 nitrogen and oxygen atoms in total. The maximum absolute atomic E-state index is 10.8. The topological polar surface area (TPSA) is 68.7 Å². The Labute approximate surface area is 87.7 Å². The molecule has 1 N–H and O–H groups in total. The second-order valence-corrected chi connectivity index (χ2v) is 2.61. The first-order valence-electron chi connectivity index (χ1n) is 4.23. The first-order chi connectivity index (χ1) is 7.26. The Morgan fingerprint density at radius 1 is 1.67 bits per heavy atom. The van der Waals surface area contributed by atoms with E-state index < -0.39 is 13.7 Å². The van der Waals surface area contributed by atoms with E-state index in [2.05, 4.69) is 11.6 Å². The van der Waals surface area contributed by atoms with Gasteiger partial charge >= 0.3 is 13.7 Å². The van der Waals surface area contributed by atoms with Crippen molar-refractivity contribution in [1.82, 2.24) is 4.98 Å². The molecule has 0 amide bonds. The summed E-state index contributed by atoms with van der Waals surface area (Å²) < 4.78 is 9.61. The van der Waals surface area contributed by atoms with Crippen LogP contribution in [-0.4, -0.2) is 23.7 Å². The second-order valence-electron chi connectivity index (χ2n) is 2.61. The van der Waals surface area contributed by atoms with E-state index in [-0.39, 0.29) is 6.61 Å². The SMILES string of the molecule is C=CC(=O)OCc1cncc(OBO)c1. The average molecular weight is 207 g/mol. The van der Waals surface area contributed by atoms with Gasteiger partial charge in [0.15, 0.2) is 0 Å². The van der Waals surface area contributed by atoms with Crippen LogP contribution >= 0.6 is 0 Å². The van der Waals surface area contributed by atoms with E-state index in [4.69, 9.17) is 14.4 Å². The minimum atomic E-state index is -0.497. The molecule has 0 saturated carbocycles. The molecule has 1 aromatic rings. The fraction of sp³-hybridized carbons (Fsp3) is 0.111. The Morgan fingerprint density at radius 2 is 2.47 bits per heavy atom. The monoisotopic (exact) mass is 207 g/mol. The van der Waals surface area contributed by atoms with E-state index in [1.54, 1.807) is 12.3 Å². The zero-order valence-corrected chi connectivity index (χ0v) is 8.05. The number of nitrogens with zero attached hydrogens (tertiary/aromatic N) is 1. The number of ether oxygens (including phenoxy) is 1. The fourth-order valence-corrected chi connectivity index (χ4v) is 0.910. The molecule has 1 heterocycles. The predicted octanol–water partition coefficient (Wildman–Crippen LogP) is -0.0516. The van der Waals surface area contributed by atoms with Crippen LogP contribution in [0.15, 0.2) is 31.1 Å². The number of hydrogen-bond acceptors (Lipinski definition) is 5. The van der Waals surface area contributed by atoms with Gasteiger partial charge in [-0.2, -0.15) is 0 Å². The van der Waals surface area contributed by atoms with E-state index in [1.807, 2.05) is 0 Å². The summed E-state index contributed by atoms with van der Waals surface area (Å²) in [7, 11) is -0.419. The lowest BCUT2D eigenvalue weighted by atomic mass is 10.3. The van der Waals surface area contributed by atoms with Gasteiger partial charge in [-0.25, -0.2) is 4.79 Å². The Bertz CT molecular complexity index is 356. The van der Waals surface area contributed by atoms with Gasteiger partial charge in [0.25, 0.3) is 0 Å². The van der Waals surface area contributed by atoms with E-state index >= 15 is 0 Å². The van der Waals surface area contributed by atoms with Crippen LogP contribution in [-0.2, 0) is 16.1 Å². The van der Waals surface area contributed by atoms with Gasteiger partial charge in [-0.05, 0) is 6.07 Å². The molecule has 0 aliphatic rings. The average Bonchev–Trinajstić information content (AvgIpc) is 2.27. The first kappa shape index (κ1) is 11.3. The van der Waals surface area contributed by atoms with Crippen molar-refractivity contribution in [3.05, 3.63) is 36.7 Å². The molecule has 0 atom stereocenters. The van der Waals surface area contributed by atoms with Crippen molar-refractivity contribution in [2.75, 3.05) is 0 Å². The number of pyridine rings is 1. The van der Waals surface area contributed by atoms with Gasteiger partial charge in [-0.3, -0.25) is 4.98 Å². The molecule has 0 aliphatic carbocycles. The number of hydrogen-bond donors (Lipinski definition) is 1. The summed E-state index contributed by atoms with van der Waals surface area (Å²) in [5.74, 6) is -0.0758. The summed E-state index contributed by atoms with van der Waals surface area (Å²) in [5.41, 5.74) is 0.677. The van der Waals surface area contributed by atoms with Gasteiger partial charge in [-0.1, -0.05) is 6.58 Å². The van der Waals surface area contributed by atoms with Crippen molar-refractivity contribution in [1.29, 1.82) is 0 Å². The van der Waals surface area contributed by atoms with Gasteiger partial charge in [-0.15, -0.1) is 0 Å². The van der Waals surface area contributed by atoms with Crippen molar-refractivity contribution in [2.24, 2.45) is 0 Å². The van der Waals surface area contributed by atoms with Gasteiger partial charge in [0, 0.05) is 17.8 Å². The maximum Gasteiger partial charge on any atom is 0.504 e. The minimum absolute atomic E-state index is 0.0977. The number of rotatable bonds is 5. The number of esters is 1. The molecule has 0 fully saturated rings. The Morgan fingerprint density at radius 3 is 3.13 bits per heavy atom. The molecule has 1 rings (SSSR count). The molecule has 0 bridgehead atoms. The molecule has 0 aliphatic heterocycles. The molecular formula is C9H10BNO4. The Balaban J connectivity index is 2.57. The van der Waals surface area contributed by atoms with E-state index in [1.165, 1.54) is 6.20 Å². The van der Waals surface area contributed by atoms with Crippen LogP contribution in [0.3, 0.4) is 0 Å². The van der Waals surface area contributed by atoms with Crippen LogP contribution in [0, 0.1) is 0 Å². The minimum Gasteiger partial charge on any atom is -0.538 e. The highest BCUT2D eigenvalue weighted by Crippen LogP contribution is 2.11.